The van der Waals surface area contributed by atoms with E-state index >= 15 is 0 Å². The Kier molecular flexibility index (Phi) is 6.20. The number of nitrogens with one attached hydrogen (secondary N) is 2. The number of hydrogen-bond acceptors (Lipinski definition) is 2. The number of H-pyrrole nitrogens is 1. The van der Waals surface area contributed by atoms with Gasteiger partial charge in [0.25, 0.3) is 0 Å². The average molecular weight is 407 g/mol. The zero-order valence-electron chi connectivity index (χ0n) is 12.3. The van der Waals surface area contributed by atoms with Gasteiger partial charge in [0.1, 0.15) is 0 Å². The Bertz CT molecular complexity index is 621. The van der Waals surface area contributed by atoms with E-state index in [9.17, 15) is 0 Å². The summed E-state index contributed by atoms with van der Waals surface area (Å²) in [6.45, 7) is 4.58. The standard InChI is InChI=1S/C16H20BrN3.2ClH/c17-12-3-4-15-13(9-12)14(10-19-15)16(11-1-2-11)20-7-5-18-6-8-20;;/h3-4,9-11,16,18-19H,1-2,5-8H2;2*1H/t16-;;/m1../s1. The Labute approximate surface area is 152 Å². The third kappa shape index (κ3) is 3.46. The van der Waals surface area contributed by atoms with Gasteiger partial charge in [-0.1, -0.05) is 15.9 Å². The number of halogens is 3. The third-order valence-corrected chi connectivity index (χ3v) is 5.10. The van der Waals surface area contributed by atoms with Gasteiger partial charge in [0.05, 0.1) is 0 Å². The maximum absolute atomic E-state index is 3.61. The molecule has 1 aromatic heterocycles. The van der Waals surface area contributed by atoms with Crippen LogP contribution >= 0.6 is 40.7 Å². The topological polar surface area (TPSA) is 31.1 Å². The summed E-state index contributed by atoms with van der Waals surface area (Å²) in [5.41, 5.74) is 2.75. The minimum Gasteiger partial charge on any atom is -0.361 e. The molecule has 1 saturated carbocycles. The molecular formula is C16H22BrCl2N3. The molecule has 1 aromatic carbocycles. The second-order valence-electron chi connectivity index (χ2n) is 6.00. The first-order valence-corrected chi connectivity index (χ1v) is 8.33. The maximum Gasteiger partial charge on any atom is 0.0458 e. The van der Waals surface area contributed by atoms with Gasteiger partial charge < -0.3 is 10.3 Å². The summed E-state index contributed by atoms with van der Waals surface area (Å²) in [5.74, 6) is 0.853. The minimum atomic E-state index is 0. The number of hydrogen-bond donors (Lipinski definition) is 2. The maximum atomic E-state index is 3.61. The summed E-state index contributed by atoms with van der Waals surface area (Å²) in [5, 5.41) is 4.85. The molecule has 22 heavy (non-hydrogen) atoms. The predicted octanol–water partition coefficient (Wildman–Crippen LogP) is 4.13. The van der Waals surface area contributed by atoms with Crippen LogP contribution in [-0.4, -0.2) is 36.1 Å². The number of aromatic nitrogens is 1. The molecule has 122 valence electrons. The van der Waals surface area contributed by atoms with Crippen LogP contribution < -0.4 is 5.32 Å². The second kappa shape index (κ2) is 7.54. The summed E-state index contributed by atoms with van der Waals surface area (Å²) < 4.78 is 1.17. The van der Waals surface area contributed by atoms with Crippen LogP contribution in [0.1, 0.15) is 24.4 Å². The van der Waals surface area contributed by atoms with E-state index in [1.165, 1.54) is 46.9 Å². The summed E-state index contributed by atoms with van der Waals surface area (Å²) in [6.07, 6.45) is 5.01. The van der Waals surface area contributed by atoms with Crippen LogP contribution in [-0.2, 0) is 0 Å². The van der Waals surface area contributed by atoms with Crippen molar-refractivity contribution in [2.75, 3.05) is 26.2 Å². The number of nitrogens with zero attached hydrogens (tertiary/aromatic N) is 1. The molecule has 2 aliphatic rings. The molecule has 2 fully saturated rings. The molecule has 1 aliphatic heterocycles. The van der Waals surface area contributed by atoms with Gasteiger partial charge >= 0.3 is 0 Å². The first kappa shape index (κ1) is 18.1. The normalized spacial score (nSPS) is 20.2. The number of benzene rings is 1. The van der Waals surface area contributed by atoms with Crippen LogP contribution in [0.2, 0.25) is 0 Å². The molecule has 0 radical (unpaired) electrons. The van der Waals surface area contributed by atoms with Gasteiger partial charge in [0, 0.05) is 53.8 Å². The van der Waals surface area contributed by atoms with Crippen molar-refractivity contribution in [2.24, 2.45) is 5.92 Å². The molecule has 2 aromatic rings. The van der Waals surface area contributed by atoms with Gasteiger partial charge in [0.2, 0.25) is 0 Å². The third-order valence-electron chi connectivity index (χ3n) is 4.61. The Morgan fingerprint density at radius 3 is 2.55 bits per heavy atom. The van der Waals surface area contributed by atoms with Crippen LogP contribution in [0.3, 0.4) is 0 Å². The van der Waals surface area contributed by atoms with Crippen molar-refractivity contribution in [3.05, 3.63) is 34.4 Å². The number of fused-ring (bicyclic) bond motifs is 1. The van der Waals surface area contributed by atoms with Gasteiger partial charge in [-0.15, -0.1) is 24.8 Å². The molecule has 2 heterocycles. The smallest absolute Gasteiger partial charge is 0.0458 e. The van der Waals surface area contributed by atoms with Crippen LogP contribution in [0.5, 0.6) is 0 Å². The monoisotopic (exact) mass is 405 g/mol. The fourth-order valence-corrected chi connectivity index (χ4v) is 3.84. The predicted molar refractivity (Wildman–Crippen MR) is 100 cm³/mol. The van der Waals surface area contributed by atoms with E-state index in [2.05, 4.69) is 55.5 Å². The van der Waals surface area contributed by atoms with E-state index in [4.69, 9.17) is 0 Å². The van der Waals surface area contributed by atoms with E-state index in [0.717, 1.165) is 19.0 Å². The van der Waals surface area contributed by atoms with Gasteiger partial charge in [-0.3, -0.25) is 4.90 Å². The van der Waals surface area contributed by atoms with Crippen molar-refractivity contribution in [1.82, 2.24) is 15.2 Å². The fourth-order valence-electron chi connectivity index (χ4n) is 3.48. The van der Waals surface area contributed by atoms with Gasteiger partial charge in [-0.05, 0) is 42.5 Å². The average Bonchev–Trinajstić information content (AvgIpc) is 3.22. The van der Waals surface area contributed by atoms with Crippen LogP contribution in [0.4, 0.5) is 0 Å². The van der Waals surface area contributed by atoms with Crippen LogP contribution in [0.25, 0.3) is 10.9 Å². The highest BCUT2D eigenvalue weighted by Crippen LogP contribution is 2.46. The lowest BCUT2D eigenvalue weighted by Gasteiger charge is -2.35. The SMILES string of the molecule is Brc1ccc2[nH]cc([C@@H](C3CC3)N3CCNCC3)c2c1.Cl.Cl. The fraction of sp³-hybridized carbons (Fsp3) is 0.500. The summed E-state index contributed by atoms with van der Waals surface area (Å²) >= 11 is 3.61. The molecule has 1 aliphatic carbocycles. The highest BCUT2D eigenvalue weighted by molar-refractivity contribution is 9.10. The van der Waals surface area contributed by atoms with Crippen molar-refractivity contribution in [1.29, 1.82) is 0 Å². The Hall–Kier alpha value is -0.260. The number of piperazine rings is 1. The van der Waals surface area contributed by atoms with Gasteiger partial charge in [-0.2, -0.15) is 0 Å². The van der Waals surface area contributed by atoms with Crippen molar-refractivity contribution >= 4 is 51.6 Å². The lowest BCUT2D eigenvalue weighted by molar-refractivity contribution is 0.157. The molecule has 1 saturated heterocycles. The molecule has 4 rings (SSSR count). The largest absolute Gasteiger partial charge is 0.361 e. The lowest BCUT2D eigenvalue weighted by Crippen LogP contribution is -2.45. The minimum absolute atomic E-state index is 0. The summed E-state index contributed by atoms with van der Waals surface area (Å²) in [6, 6.07) is 7.14. The zero-order chi connectivity index (χ0) is 13.5. The molecule has 0 unspecified atom stereocenters. The van der Waals surface area contributed by atoms with Crippen molar-refractivity contribution in [2.45, 2.75) is 18.9 Å². The van der Waals surface area contributed by atoms with Crippen molar-refractivity contribution in [3.8, 4) is 0 Å². The molecule has 6 heteroatoms. The van der Waals surface area contributed by atoms with E-state index < -0.39 is 0 Å². The quantitative estimate of drug-likeness (QED) is 0.802. The summed E-state index contributed by atoms with van der Waals surface area (Å²) in [4.78, 5) is 6.13. The molecule has 0 spiro atoms. The van der Waals surface area contributed by atoms with Crippen LogP contribution in [0, 0.1) is 5.92 Å². The Morgan fingerprint density at radius 1 is 1.14 bits per heavy atom. The van der Waals surface area contributed by atoms with Crippen molar-refractivity contribution in [3.63, 3.8) is 0 Å². The van der Waals surface area contributed by atoms with Gasteiger partial charge in [0.15, 0.2) is 0 Å². The molecule has 3 nitrogen and oxygen atoms in total. The first-order chi connectivity index (χ1) is 9.83. The molecular weight excluding hydrogens is 385 g/mol. The highest BCUT2D eigenvalue weighted by Gasteiger charge is 2.37. The number of rotatable bonds is 3. The second-order valence-corrected chi connectivity index (χ2v) is 6.92. The molecule has 0 amide bonds. The summed E-state index contributed by atoms with van der Waals surface area (Å²) in [7, 11) is 0. The number of aromatic amines is 1. The lowest BCUT2D eigenvalue weighted by atomic mass is 9.99. The first-order valence-electron chi connectivity index (χ1n) is 7.54. The molecule has 2 N–H and O–H groups in total. The van der Waals surface area contributed by atoms with E-state index in [1.807, 2.05) is 0 Å². The van der Waals surface area contributed by atoms with E-state index in [-0.39, 0.29) is 24.8 Å². The van der Waals surface area contributed by atoms with E-state index in [0.29, 0.717) is 6.04 Å². The van der Waals surface area contributed by atoms with Gasteiger partial charge in [-0.25, -0.2) is 0 Å². The van der Waals surface area contributed by atoms with Crippen LogP contribution in [0.15, 0.2) is 28.9 Å². The van der Waals surface area contributed by atoms with Crippen molar-refractivity contribution < 1.29 is 0 Å². The zero-order valence-corrected chi connectivity index (χ0v) is 15.6. The van der Waals surface area contributed by atoms with E-state index in [1.54, 1.807) is 0 Å². The molecule has 1 atom stereocenters. The molecule has 0 bridgehead atoms. The Morgan fingerprint density at radius 2 is 1.86 bits per heavy atom. The highest BCUT2D eigenvalue weighted by atomic mass is 79.9. The Balaban J connectivity index is 0.000000882.